The van der Waals surface area contributed by atoms with E-state index in [0.29, 0.717) is 11.3 Å². The van der Waals surface area contributed by atoms with Crippen LogP contribution < -0.4 is 10.6 Å². The normalized spacial score (nSPS) is 9.47. The molecule has 1 aromatic carbocycles. The van der Waals surface area contributed by atoms with Crippen LogP contribution in [0.5, 0.6) is 0 Å². The molecule has 0 unspecified atom stereocenters. The van der Waals surface area contributed by atoms with Crippen molar-refractivity contribution in [2.45, 2.75) is 13.8 Å². The van der Waals surface area contributed by atoms with Gasteiger partial charge in [0.2, 0.25) is 0 Å². The minimum atomic E-state index is -0.862. The Balaban J connectivity index is 0.00000218. The van der Waals surface area contributed by atoms with Crippen molar-refractivity contribution < 1.29 is 23.9 Å². The van der Waals surface area contributed by atoms with Gasteiger partial charge in [-0.15, -0.1) is 6.42 Å². The lowest BCUT2D eigenvalue weighted by atomic mass is 10.0. The molecule has 1 heterocycles. The molecule has 156 valence electrons. The van der Waals surface area contributed by atoms with Crippen LogP contribution in [0.2, 0.25) is 0 Å². The quantitative estimate of drug-likeness (QED) is 0.389. The Hall–Kier alpha value is -3.95. The van der Waals surface area contributed by atoms with Gasteiger partial charge in [-0.25, -0.2) is 4.39 Å². The SMILES string of the molecule is C#CCNC(=O)C(=O)c1c(C)c(C(=O)Nc2ccc(F)c(C#N)c2)n(C)c1C.CO. The Bertz CT molecular complexity index is 1070. The first kappa shape index (κ1) is 24.1. The number of nitrogens with one attached hydrogen (secondary N) is 2. The number of hydrogen-bond acceptors (Lipinski definition) is 5. The lowest BCUT2D eigenvalue weighted by Crippen LogP contribution is -2.31. The largest absolute Gasteiger partial charge is 0.400 e. The van der Waals surface area contributed by atoms with E-state index in [9.17, 15) is 18.8 Å². The molecule has 0 radical (unpaired) electrons. The highest BCUT2D eigenvalue weighted by Crippen LogP contribution is 2.23. The molecule has 9 heteroatoms. The number of aliphatic hydroxyl groups excluding tert-OH is 1. The summed E-state index contributed by atoms with van der Waals surface area (Å²) >= 11 is 0. The topological polar surface area (TPSA) is 124 Å². The molecule has 0 spiro atoms. The summed E-state index contributed by atoms with van der Waals surface area (Å²) in [6.45, 7) is 3.07. The molecule has 0 bridgehead atoms. The fourth-order valence-electron chi connectivity index (χ4n) is 2.84. The van der Waals surface area contributed by atoms with Crippen LogP contribution in [0, 0.1) is 43.3 Å². The average Bonchev–Trinajstić information content (AvgIpc) is 2.96. The van der Waals surface area contributed by atoms with Gasteiger partial charge in [-0.2, -0.15) is 5.26 Å². The smallest absolute Gasteiger partial charge is 0.293 e. The molecular weight excluding hydrogens is 391 g/mol. The number of benzene rings is 1. The van der Waals surface area contributed by atoms with Gasteiger partial charge in [0.15, 0.2) is 0 Å². The van der Waals surface area contributed by atoms with E-state index in [1.165, 1.54) is 16.7 Å². The first-order chi connectivity index (χ1) is 14.2. The molecule has 3 N–H and O–H groups in total. The van der Waals surface area contributed by atoms with E-state index in [-0.39, 0.29) is 29.1 Å². The number of ketones is 1. The zero-order valence-electron chi connectivity index (χ0n) is 17.0. The molecule has 0 fully saturated rings. The molecular formula is C21H21FN4O4. The summed E-state index contributed by atoms with van der Waals surface area (Å²) in [5.74, 6) is -0.718. The zero-order valence-corrected chi connectivity index (χ0v) is 17.0. The second kappa shape index (κ2) is 10.6. The second-order valence-corrected chi connectivity index (χ2v) is 5.97. The minimum Gasteiger partial charge on any atom is -0.400 e. The molecule has 1 aromatic heterocycles. The van der Waals surface area contributed by atoms with Crippen molar-refractivity contribution in [3.8, 4) is 18.4 Å². The number of amides is 2. The maximum Gasteiger partial charge on any atom is 0.293 e. The van der Waals surface area contributed by atoms with Gasteiger partial charge in [-0.1, -0.05) is 5.92 Å². The van der Waals surface area contributed by atoms with E-state index in [1.54, 1.807) is 27.0 Å². The highest BCUT2D eigenvalue weighted by Gasteiger charge is 2.28. The van der Waals surface area contributed by atoms with Crippen molar-refractivity contribution in [3.63, 3.8) is 0 Å². The number of carbonyl (C=O) groups excluding carboxylic acids is 3. The Labute approximate surface area is 173 Å². The lowest BCUT2D eigenvalue weighted by molar-refractivity contribution is -0.116. The van der Waals surface area contributed by atoms with Gasteiger partial charge in [-0.05, 0) is 37.6 Å². The van der Waals surface area contributed by atoms with Crippen LogP contribution in [0.3, 0.4) is 0 Å². The molecule has 0 aliphatic carbocycles. The van der Waals surface area contributed by atoms with Gasteiger partial charge in [0.25, 0.3) is 17.6 Å². The third-order valence-electron chi connectivity index (χ3n) is 4.27. The van der Waals surface area contributed by atoms with Gasteiger partial charge >= 0.3 is 0 Å². The number of aliphatic hydroxyl groups is 1. The van der Waals surface area contributed by atoms with Crippen molar-refractivity contribution in [3.05, 3.63) is 52.1 Å². The number of Topliss-reactive ketones (excluding diaryl/α,β-unsaturated/α-hetero) is 1. The summed E-state index contributed by atoms with van der Waals surface area (Å²) in [4.78, 5) is 37.1. The second-order valence-electron chi connectivity index (χ2n) is 5.97. The van der Waals surface area contributed by atoms with Gasteiger partial charge in [0, 0.05) is 25.5 Å². The van der Waals surface area contributed by atoms with Crippen LogP contribution in [0.25, 0.3) is 0 Å². The van der Waals surface area contributed by atoms with E-state index in [4.69, 9.17) is 16.8 Å². The van der Waals surface area contributed by atoms with Crippen LogP contribution >= 0.6 is 0 Å². The summed E-state index contributed by atoms with van der Waals surface area (Å²) in [7, 11) is 2.58. The van der Waals surface area contributed by atoms with E-state index >= 15 is 0 Å². The Morgan fingerprint density at radius 1 is 1.27 bits per heavy atom. The highest BCUT2D eigenvalue weighted by atomic mass is 19.1. The fourth-order valence-corrected chi connectivity index (χ4v) is 2.84. The summed E-state index contributed by atoms with van der Waals surface area (Å²) in [6, 6.07) is 5.29. The molecule has 2 amide bonds. The number of hydrogen-bond donors (Lipinski definition) is 3. The summed E-state index contributed by atoms with van der Waals surface area (Å²) in [5, 5.41) is 20.8. The lowest BCUT2D eigenvalue weighted by Gasteiger charge is -2.08. The number of nitriles is 1. The van der Waals surface area contributed by atoms with Crippen LogP contribution in [0.15, 0.2) is 18.2 Å². The van der Waals surface area contributed by atoms with Crippen molar-refractivity contribution in [2.75, 3.05) is 19.0 Å². The number of terminal acetylenes is 1. The molecule has 30 heavy (non-hydrogen) atoms. The zero-order chi connectivity index (χ0) is 23.0. The van der Waals surface area contributed by atoms with E-state index in [2.05, 4.69) is 16.6 Å². The Morgan fingerprint density at radius 3 is 2.47 bits per heavy atom. The van der Waals surface area contributed by atoms with Crippen LogP contribution in [-0.2, 0) is 11.8 Å². The number of anilines is 1. The van der Waals surface area contributed by atoms with Gasteiger partial charge in [0.05, 0.1) is 17.7 Å². The molecule has 0 aliphatic heterocycles. The van der Waals surface area contributed by atoms with Crippen LogP contribution in [0.4, 0.5) is 10.1 Å². The number of halogens is 1. The average molecular weight is 412 g/mol. The predicted octanol–water partition coefficient (Wildman–Crippen LogP) is 1.45. The molecule has 2 rings (SSSR count). The van der Waals surface area contributed by atoms with E-state index < -0.39 is 23.4 Å². The van der Waals surface area contributed by atoms with Crippen molar-refractivity contribution in [1.82, 2.24) is 9.88 Å². The summed E-state index contributed by atoms with van der Waals surface area (Å²) < 4.78 is 14.9. The molecule has 0 saturated carbocycles. The minimum absolute atomic E-state index is 0.0887. The third kappa shape index (κ3) is 4.90. The number of rotatable bonds is 5. The van der Waals surface area contributed by atoms with Crippen LogP contribution in [-0.4, -0.2) is 40.9 Å². The highest BCUT2D eigenvalue weighted by molar-refractivity contribution is 6.43. The number of nitrogens with zero attached hydrogens (tertiary/aromatic N) is 2. The van der Waals surface area contributed by atoms with Crippen molar-refractivity contribution in [2.24, 2.45) is 7.05 Å². The van der Waals surface area contributed by atoms with Crippen LogP contribution in [0.1, 0.15) is 37.7 Å². The van der Waals surface area contributed by atoms with E-state index in [0.717, 1.165) is 13.2 Å². The molecule has 0 atom stereocenters. The van der Waals surface area contributed by atoms with Gasteiger partial charge in [-0.3, -0.25) is 14.4 Å². The fraction of sp³-hybridized carbons (Fsp3) is 0.238. The molecule has 0 saturated heterocycles. The number of aromatic nitrogens is 1. The molecule has 2 aromatic rings. The predicted molar refractivity (Wildman–Crippen MR) is 108 cm³/mol. The third-order valence-corrected chi connectivity index (χ3v) is 4.27. The summed E-state index contributed by atoms with van der Waals surface area (Å²) in [5.41, 5.74) is 1.04. The summed E-state index contributed by atoms with van der Waals surface area (Å²) in [6.07, 6.45) is 5.07. The standard InChI is InChI=1S/C20H17FN4O3.CH4O/c1-5-8-23-20(28)18(26)16-11(2)17(25(4)12(16)3)19(27)24-14-6-7-15(21)13(9-14)10-22;1-2/h1,6-7,9H,8H2,2-4H3,(H,23,28)(H,24,27);2H,1H3. The maximum absolute atomic E-state index is 13.4. The van der Waals surface area contributed by atoms with Crippen molar-refractivity contribution in [1.29, 1.82) is 5.26 Å². The molecule has 8 nitrogen and oxygen atoms in total. The van der Waals surface area contributed by atoms with Crippen molar-refractivity contribution >= 4 is 23.3 Å². The maximum atomic E-state index is 13.4. The first-order valence-corrected chi connectivity index (χ1v) is 8.60. The molecule has 0 aliphatic rings. The number of carbonyl (C=O) groups is 3. The van der Waals surface area contributed by atoms with Gasteiger partial charge < -0.3 is 20.3 Å². The monoisotopic (exact) mass is 412 g/mol. The van der Waals surface area contributed by atoms with E-state index in [1.807, 2.05) is 0 Å². The first-order valence-electron chi connectivity index (χ1n) is 8.60. The van der Waals surface area contributed by atoms with Gasteiger partial charge in [0.1, 0.15) is 17.6 Å². The Kier molecular flexibility index (Phi) is 8.48. The Morgan fingerprint density at radius 2 is 1.90 bits per heavy atom.